The number of benzene rings is 1. The third kappa shape index (κ3) is 2.35. The molecule has 0 spiro atoms. The quantitative estimate of drug-likeness (QED) is 0.559. The molecule has 0 bridgehead atoms. The average molecular weight is 206 g/mol. The maximum atomic E-state index is 11.0. The van der Waals surface area contributed by atoms with Gasteiger partial charge in [0.15, 0.2) is 0 Å². The van der Waals surface area contributed by atoms with Crippen molar-refractivity contribution in [3.05, 3.63) is 45.4 Å². The first-order chi connectivity index (χ1) is 6.95. The number of nitro groups is 1. The molecule has 0 N–H and O–H groups in total. The molecule has 0 aliphatic carbocycles. The van der Waals surface area contributed by atoms with Crippen LogP contribution < -0.4 is 0 Å². The van der Waals surface area contributed by atoms with E-state index < -0.39 is 0 Å². The fraction of sp³-hybridized carbons (Fsp3) is 0.417. The van der Waals surface area contributed by atoms with Gasteiger partial charge in [0, 0.05) is 17.0 Å². The molecular formula is C12H16NO2. The van der Waals surface area contributed by atoms with E-state index in [1.54, 1.807) is 6.07 Å². The third-order valence-electron chi connectivity index (χ3n) is 2.41. The Morgan fingerprint density at radius 3 is 2.33 bits per heavy atom. The Morgan fingerprint density at radius 2 is 1.93 bits per heavy atom. The van der Waals surface area contributed by atoms with Crippen molar-refractivity contribution in [2.75, 3.05) is 0 Å². The SMILES string of the molecule is C[C](C)c1cccc(C(C)C)c1[N+](=O)[O-]. The molecule has 0 heterocycles. The molecule has 1 radical (unpaired) electrons. The fourth-order valence-electron chi connectivity index (χ4n) is 1.63. The van der Waals surface area contributed by atoms with Crippen molar-refractivity contribution >= 4 is 5.69 Å². The molecule has 1 aromatic carbocycles. The average Bonchev–Trinajstić information content (AvgIpc) is 2.16. The van der Waals surface area contributed by atoms with E-state index in [1.165, 1.54) is 0 Å². The van der Waals surface area contributed by atoms with Crippen LogP contribution in [0.25, 0.3) is 0 Å². The van der Waals surface area contributed by atoms with Crippen LogP contribution in [0.15, 0.2) is 18.2 Å². The number of para-hydroxylation sites is 1. The summed E-state index contributed by atoms with van der Waals surface area (Å²) in [6.45, 7) is 7.73. The molecule has 0 atom stereocenters. The normalized spacial score (nSPS) is 11.1. The van der Waals surface area contributed by atoms with E-state index in [0.717, 1.165) is 17.0 Å². The van der Waals surface area contributed by atoms with E-state index in [9.17, 15) is 10.1 Å². The minimum atomic E-state index is -0.280. The predicted octanol–water partition coefficient (Wildman–Crippen LogP) is 3.68. The largest absolute Gasteiger partial charge is 0.276 e. The highest BCUT2D eigenvalue weighted by molar-refractivity contribution is 5.54. The number of hydrogen-bond acceptors (Lipinski definition) is 2. The standard InChI is InChI=1S/C12H16NO2/c1-8(2)10-6-5-7-11(9(3)4)12(10)13(14)15/h5-8H,1-4H3. The summed E-state index contributed by atoms with van der Waals surface area (Å²) in [4.78, 5) is 10.8. The van der Waals surface area contributed by atoms with E-state index >= 15 is 0 Å². The second kappa shape index (κ2) is 4.43. The fourth-order valence-corrected chi connectivity index (χ4v) is 1.63. The van der Waals surface area contributed by atoms with Crippen molar-refractivity contribution in [1.29, 1.82) is 0 Å². The van der Waals surface area contributed by atoms with E-state index in [4.69, 9.17) is 0 Å². The summed E-state index contributed by atoms with van der Waals surface area (Å²) in [5, 5.41) is 11.0. The summed E-state index contributed by atoms with van der Waals surface area (Å²) in [5.41, 5.74) is 1.80. The molecular weight excluding hydrogens is 190 g/mol. The molecule has 0 unspecified atom stereocenters. The minimum Gasteiger partial charge on any atom is -0.258 e. The van der Waals surface area contributed by atoms with E-state index in [1.807, 2.05) is 39.8 Å². The van der Waals surface area contributed by atoms with Crippen LogP contribution in [0.1, 0.15) is 44.7 Å². The number of hydrogen-bond donors (Lipinski definition) is 0. The second-order valence-electron chi connectivity index (χ2n) is 4.16. The van der Waals surface area contributed by atoms with Gasteiger partial charge in [0.25, 0.3) is 5.69 Å². The van der Waals surface area contributed by atoms with Gasteiger partial charge in [-0.3, -0.25) is 10.1 Å². The summed E-state index contributed by atoms with van der Waals surface area (Å²) in [6.07, 6.45) is 0. The van der Waals surface area contributed by atoms with Crippen molar-refractivity contribution < 1.29 is 4.92 Å². The van der Waals surface area contributed by atoms with E-state index in [0.29, 0.717) is 0 Å². The Hall–Kier alpha value is -1.38. The number of nitrogens with zero attached hydrogens (tertiary/aromatic N) is 1. The minimum absolute atomic E-state index is 0.171. The van der Waals surface area contributed by atoms with Gasteiger partial charge in [-0.25, -0.2) is 0 Å². The molecule has 0 saturated heterocycles. The molecule has 1 rings (SSSR count). The zero-order valence-corrected chi connectivity index (χ0v) is 9.57. The van der Waals surface area contributed by atoms with Gasteiger partial charge in [0.1, 0.15) is 0 Å². The highest BCUT2D eigenvalue weighted by atomic mass is 16.6. The van der Waals surface area contributed by atoms with Gasteiger partial charge in [0.2, 0.25) is 0 Å². The van der Waals surface area contributed by atoms with Gasteiger partial charge in [-0.2, -0.15) is 0 Å². The Labute approximate surface area is 90.3 Å². The van der Waals surface area contributed by atoms with Gasteiger partial charge in [-0.1, -0.05) is 45.9 Å². The molecule has 0 saturated carbocycles. The van der Waals surface area contributed by atoms with Crippen LogP contribution in [-0.4, -0.2) is 4.92 Å². The van der Waals surface area contributed by atoms with Crippen LogP contribution in [0, 0.1) is 16.0 Å². The Balaban J connectivity index is 3.42. The van der Waals surface area contributed by atoms with Gasteiger partial charge < -0.3 is 0 Å². The van der Waals surface area contributed by atoms with Gasteiger partial charge in [-0.15, -0.1) is 0 Å². The summed E-state index contributed by atoms with van der Waals surface area (Å²) < 4.78 is 0. The van der Waals surface area contributed by atoms with Crippen LogP contribution in [0.5, 0.6) is 0 Å². The van der Waals surface area contributed by atoms with Crippen LogP contribution in [0.2, 0.25) is 0 Å². The van der Waals surface area contributed by atoms with Crippen molar-refractivity contribution in [2.45, 2.75) is 33.6 Å². The summed E-state index contributed by atoms with van der Waals surface area (Å²) in [5.74, 6) is 1.15. The molecule has 3 heteroatoms. The first kappa shape index (κ1) is 11.7. The van der Waals surface area contributed by atoms with Crippen LogP contribution in [0.4, 0.5) is 5.69 Å². The van der Waals surface area contributed by atoms with E-state index in [2.05, 4.69) is 0 Å². The van der Waals surface area contributed by atoms with Crippen LogP contribution >= 0.6 is 0 Å². The Bertz CT molecular complexity index is 344. The molecule has 81 valence electrons. The molecule has 3 nitrogen and oxygen atoms in total. The molecule has 1 aromatic rings. The number of rotatable bonds is 3. The zero-order valence-electron chi connectivity index (χ0n) is 9.57. The smallest absolute Gasteiger partial charge is 0.258 e. The lowest BCUT2D eigenvalue weighted by molar-refractivity contribution is -0.386. The lowest BCUT2D eigenvalue weighted by Gasteiger charge is -2.11. The molecule has 0 aliphatic rings. The van der Waals surface area contributed by atoms with Crippen LogP contribution in [-0.2, 0) is 0 Å². The highest BCUT2D eigenvalue weighted by Gasteiger charge is 2.22. The molecule has 0 aliphatic heterocycles. The monoisotopic (exact) mass is 206 g/mol. The van der Waals surface area contributed by atoms with Crippen molar-refractivity contribution in [2.24, 2.45) is 0 Å². The summed E-state index contributed by atoms with van der Waals surface area (Å²) in [7, 11) is 0. The lowest BCUT2D eigenvalue weighted by Crippen LogP contribution is -2.03. The first-order valence-corrected chi connectivity index (χ1v) is 5.03. The van der Waals surface area contributed by atoms with Crippen molar-refractivity contribution in [1.82, 2.24) is 0 Å². The van der Waals surface area contributed by atoms with Gasteiger partial charge >= 0.3 is 0 Å². The molecule has 15 heavy (non-hydrogen) atoms. The van der Waals surface area contributed by atoms with Gasteiger partial charge in [0.05, 0.1) is 4.92 Å². The van der Waals surface area contributed by atoms with Crippen LogP contribution in [0.3, 0.4) is 0 Å². The van der Waals surface area contributed by atoms with Gasteiger partial charge in [-0.05, 0) is 5.92 Å². The topological polar surface area (TPSA) is 43.1 Å². The third-order valence-corrected chi connectivity index (χ3v) is 2.41. The summed E-state index contributed by atoms with van der Waals surface area (Å²) >= 11 is 0. The highest BCUT2D eigenvalue weighted by Crippen LogP contribution is 2.33. The lowest BCUT2D eigenvalue weighted by atomic mass is 9.93. The Kier molecular flexibility index (Phi) is 3.45. The molecule has 0 aromatic heterocycles. The zero-order chi connectivity index (χ0) is 11.6. The second-order valence-corrected chi connectivity index (χ2v) is 4.16. The summed E-state index contributed by atoms with van der Waals surface area (Å²) in [6, 6.07) is 5.51. The van der Waals surface area contributed by atoms with Crippen molar-refractivity contribution in [3.63, 3.8) is 0 Å². The maximum Gasteiger partial charge on any atom is 0.276 e. The van der Waals surface area contributed by atoms with Crippen molar-refractivity contribution in [3.8, 4) is 0 Å². The number of nitro benzene ring substituents is 1. The predicted molar refractivity (Wildman–Crippen MR) is 60.9 cm³/mol. The molecule has 0 fully saturated rings. The molecule has 0 amide bonds. The first-order valence-electron chi connectivity index (χ1n) is 5.03. The van der Waals surface area contributed by atoms with E-state index in [-0.39, 0.29) is 16.5 Å². The maximum absolute atomic E-state index is 11.0. The Morgan fingerprint density at radius 1 is 1.33 bits per heavy atom.